The molecule has 0 radical (unpaired) electrons. The Balaban J connectivity index is 1.50. The number of piperidine rings is 1. The summed E-state index contributed by atoms with van der Waals surface area (Å²) >= 11 is 6.94. The van der Waals surface area contributed by atoms with Gasteiger partial charge in [-0.1, -0.05) is 22.9 Å². The van der Waals surface area contributed by atoms with Crippen LogP contribution in [-0.2, 0) is 16.1 Å². The molecule has 12 heteroatoms. The molecule has 3 aromatic rings. The Bertz CT molecular complexity index is 1260. The molecular weight excluding hydrogens is 471 g/mol. The third-order valence-corrected chi connectivity index (χ3v) is 6.69. The van der Waals surface area contributed by atoms with Crippen LogP contribution >= 0.6 is 22.9 Å². The van der Waals surface area contributed by atoms with E-state index < -0.39 is 11.7 Å². The summed E-state index contributed by atoms with van der Waals surface area (Å²) < 4.78 is 14.8. The van der Waals surface area contributed by atoms with Crippen molar-refractivity contribution in [2.45, 2.75) is 26.3 Å². The monoisotopic (exact) mass is 492 g/mol. The first-order valence-corrected chi connectivity index (χ1v) is 11.7. The summed E-state index contributed by atoms with van der Waals surface area (Å²) in [6.07, 6.45) is 2.94. The number of rotatable bonds is 6. The van der Waals surface area contributed by atoms with E-state index in [2.05, 4.69) is 20.6 Å². The zero-order valence-corrected chi connectivity index (χ0v) is 19.4. The Morgan fingerprint density at radius 2 is 2.18 bits per heavy atom. The van der Waals surface area contributed by atoms with Gasteiger partial charge in [-0.25, -0.2) is 9.37 Å². The lowest BCUT2D eigenvalue weighted by Gasteiger charge is -2.31. The van der Waals surface area contributed by atoms with E-state index in [1.807, 2.05) is 11.8 Å². The predicted octanol–water partition coefficient (Wildman–Crippen LogP) is 2.64. The van der Waals surface area contributed by atoms with Crippen LogP contribution in [0.25, 0.3) is 10.3 Å². The minimum absolute atomic E-state index is 0.0252. The molecular formula is C21H22ClFN6O3S. The summed E-state index contributed by atoms with van der Waals surface area (Å²) in [6, 6.07) is 3.82. The van der Waals surface area contributed by atoms with Crippen LogP contribution in [0.5, 0.6) is 0 Å². The van der Waals surface area contributed by atoms with Gasteiger partial charge in [-0.15, -0.1) is 0 Å². The Labute approximate surface area is 197 Å². The highest BCUT2D eigenvalue weighted by Gasteiger charge is 2.27. The fourth-order valence-corrected chi connectivity index (χ4v) is 4.88. The van der Waals surface area contributed by atoms with Crippen molar-refractivity contribution in [1.82, 2.24) is 19.9 Å². The van der Waals surface area contributed by atoms with Crippen molar-refractivity contribution in [2.75, 3.05) is 29.9 Å². The van der Waals surface area contributed by atoms with E-state index in [1.54, 1.807) is 0 Å². The van der Waals surface area contributed by atoms with Crippen LogP contribution in [0.2, 0.25) is 5.02 Å². The highest BCUT2D eigenvalue weighted by atomic mass is 35.5. The second-order valence-electron chi connectivity index (χ2n) is 7.68. The number of anilines is 2. The van der Waals surface area contributed by atoms with Gasteiger partial charge in [0.05, 0.1) is 10.9 Å². The van der Waals surface area contributed by atoms with Gasteiger partial charge in [0.2, 0.25) is 11.8 Å². The summed E-state index contributed by atoms with van der Waals surface area (Å²) in [5.74, 6) is -1.17. The maximum atomic E-state index is 13.3. The van der Waals surface area contributed by atoms with Crippen molar-refractivity contribution in [3.8, 4) is 0 Å². The van der Waals surface area contributed by atoms with Crippen molar-refractivity contribution in [3.05, 3.63) is 45.7 Å². The molecule has 4 rings (SSSR count). The second-order valence-corrected chi connectivity index (χ2v) is 9.07. The van der Waals surface area contributed by atoms with Crippen LogP contribution in [0.4, 0.5) is 15.2 Å². The number of aromatic nitrogens is 3. The smallest absolute Gasteiger partial charge is 0.273 e. The van der Waals surface area contributed by atoms with Crippen molar-refractivity contribution in [3.63, 3.8) is 0 Å². The standard InChI is InChI=1S/C21H22ClFN6O3S/c1-2-24-19(31)12-4-3-7-28(9-12)21-27-18-17(33-21)20(32)29(11-25-18)10-16(30)26-13-5-6-15(23)14(22)8-13/h5-6,8,11-12H,2-4,7,9-10H2,1H3,(H,24,31)(H,26,30)/t12-/m1/s1. The molecule has 1 fully saturated rings. The van der Waals surface area contributed by atoms with Gasteiger partial charge in [0.25, 0.3) is 5.56 Å². The summed E-state index contributed by atoms with van der Waals surface area (Å²) in [6.45, 7) is 3.47. The zero-order chi connectivity index (χ0) is 23.5. The van der Waals surface area contributed by atoms with Gasteiger partial charge in [-0.3, -0.25) is 19.0 Å². The van der Waals surface area contributed by atoms with Crippen LogP contribution in [0.1, 0.15) is 19.8 Å². The molecule has 1 aliphatic heterocycles. The first-order valence-electron chi connectivity index (χ1n) is 10.5. The molecule has 0 saturated carbocycles. The van der Waals surface area contributed by atoms with E-state index in [1.165, 1.54) is 34.4 Å². The maximum absolute atomic E-state index is 13.3. The van der Waals surface area contributed by atoms with Crippen LogP contribution < -0.4 is 21.1 Å². The number of fused-ring (bicyclic) bond motifs is 1. The average molecular weight is 493 g/mol. The number of halogens is 2. The quantitative estimate of drug-likeness (QED) is 0.547. The van der Waals surface area contributed by atoms with Crippen molar-refractivity contribution in [2.24, 2.45) is 5.92 Å². The highest BCUT2D eigenvalue weighted by Crippen LogP contribution is 2.29. The van der Waals surface area contributed by atoms with Gasteiger partial charge in [0.15, 0.2) is 10.8 Å². The topological polar surface area (TPSA) is 109 Å². The fourth-order valence-electron chi connectivity index (χ4n) is 3.70. The number of hydrogen-bond acceptors (Lipinski definition) is 7. The summed E-state index contributed by atoms with van der Waals surface area (Å²) in [7, 11) is 0. The first kappa shape index (κ1) is 23.1. The SMILES string of the molecule is CCNC(=O)[C@@H]1CCCN(c2nc3ncn(CC(=O)Nc4ccc(F)c(Cl)c4)c(=O)c3s2)C1. The normalized spacial score (nSPS) is 16.1. The molecule has 2 N–H and O–H groups in total. The van der Waals surface area contributed by atoms with Gasteiger partial charge in [0.1, 0.15) is 23.4 Å². The van der Waals surface area contributed by atoms with Crippen molar-refractivity contribution in [1.29, 1.82) is 0 Å². The van der Waals surface area contributed by atoms with E-state index >= 15 is 0 Å². The summed E-state index contributed by atoms with van der Waals surface area (Å²) in [5, 5.41) is 5.96. The molecule has 3 heterocycles. The molecule has 1 aromatic carbocycles. The lowest BCUT2D eigenvalue weighted by Crippen LogP contribution is -2.43. The maximum Gasteiger partial charge on any atom is 0.273 e. The molecule has 0 unspecified atom stereocenters. The molecule has 0 spiro atoms. The second kappa shape index (κ2) is 9.84. The van der Waals surface area contributed by atoms with Crippen molar-refractivity contribution >= 4 is 55.9 Å². The molecule has 33 heavy (non-hydrogen) atoms. The van der Waals surface area contributed by atoms with E-state index in [4.69, 9.17) is 11.6 Å². The molecule has 0 aliphatic carbocycles. The van der Waals surface area contributed by atoms with Crippen LogP contribution in [-0.4, -0.2) is 46.0 Å². The number of nitrogens with one attached hydrogen (secondary N) is 2. The Kier molecular flexibility index (Phi) is 6.89. The molecule has 9 nitrogen and oxygen atoms in total. The molecule has 1 atom stereocenters. The molecule has 1 saturated heterocycles. The number of hydrogen-bond donors (Lipinski definition) is 2. The third-order valence-electron chi connectivity index (χ3n) is 5.30. The number of nitrogens with zero attached hydrogens (tertiary/aromatic N) is 4. The zero-order valence-electron chi connectivity index (χ0n) is 17.8. The average Bonchev–Trinajstić information content (AvgIpc) is 3.24. The predicted molar refractivity (Wildman–Crippen MR) is 125 cm³/mol. The Hall–Kier alpha value is -3.05. The van der Waals surface area contributed by atoms with Gasteiger partial charge < -0.3 is 15.5 Å². The van der Waals surface area contributed by atoms with Crippen LogP contribution in [0, 0.1) is 11.7 Å². The van der Waals surface area contributed by atoms with Gasteiger partial charge in [-0.2, -0.15) is 4.98 Å². The summed E-state index contributed by atoms with van der Waals surface area (Å²) in [5.41, 5.74) is 0.246. The number of benzene rings is 1. The third kappa shape index (κ3) is 5.14. The van der Waals surface area contributed by atoms with E-state index in [0.717, 1.165) is 25.5 Å². The van der Waals surface area contributed by atoms with E-state index in [9.17, 15) is 18.8 Å². The molecule has 2 amide bonds. The number of carbonyl (C=O) groups is 2. The first-order chi connectivity index (χ1) is 15.9. The van der Waals surface area contributed by atoms with Crippen LogP contribution in [0.3, 0.4) is 0 Å². The molecule has 174 valence electrons. The van der Waals surface area contributed by atoms with Gasteiger partial charge in [-0.05, 0) is 38.0 Å². The van der Waals surface area contributed by atoms with E-state index in [-0.39, 0.29) is 29.0 Å². The molecule has 0 bridgehead atoms. The molecule has 1 aliphatic rings. The fraction of sp³-hybridized carbons (Fsp3) is 0.381. The van der Waals surface area contributed by atoms with Gasteiger partial charge in [0, 0.05) is 25.3 Å². The van der Waals surface area contributed by atoms with Gasteiger partial charge >= 0.3 is 0 Å². The number of amides is 2. The largest absolute Gasteiger partial charge is 0.356 e. The summed E-state index contributed by atoms with van der Waals surface area (Å²) in [4.78, 5) is 48.3. The van der Waals surface area contributed by atoms with Crippen LogP contribution in [0.15, 0.2) is 29.3 Å². The lowest BCUT2D eigenvalue weighted by atomic mass is 9.97. The minimum Gasteiger partial charge on any atom is -0.356 e. The van der Waals surface area contributed by atoms with Crippen molar-refractivity contribution < 1.29 is 14.0 Å². The number of thiazole rings is 1. The molecule has 2 aromatic heterocycles. The Morgan fingerprint density at radius 3 is 2.94 bits per heavy atom. The number of carbonyl (C=O) groups excluding carboxylic acids is 2. The Morgan fingerprint density at radius 1 is 1.36 bits per heavy atom. The van der Waals surface area contributed by atoms with E-state index in [0.29, 0.717) is 34.3 Å². The highest BCUT2D eigenvalue weighted by molar-refractivity contribution is 7.22. The lowest BCUT2D eigenvalue weighted by molar-refractivity contribution is -0.125. The minimum atomic E-state index is -0.590.